The van der Waals surface area contributed by atoms with E-state index in [1.54, 1.807) is 73.1 Å². The van der Waals surface area contributed by atoms with Crippen LogP contribution in [0.1, 0.15) is 30.5 Å². The number of hydrogen-bond donors (Lipinski definition) is 1. The Kier molecular flexibility index (Phi) is 5.80. The van der Waals surface area contributed by atoms with E-state index >= 15 is 0 Å². The smallest absolute Gasteiger partial charge is 0.300 e. The number of rotatable bonds is 6. The molecule has 1 amide bonds. The molecule has 1 saturated heterocycles. The Bertz CT molecular complexity index is 1130. The number of nitrogens with zero attached hydrogens (tertiary/aromatic N) is 2. The quantitative estimate of drug-likeness (QED) is 0.365. The van der Waals surface area contributed by atoms with E-state index in [1.165, 1.54) is 4.90 Å². The van der Waals surface area contributed by atoms with Gasteiger partial charge in [-0.25, -0.2) is 0 Å². The fourth-order valence-electron chi connectivity index (χ4n) is 3.65. The molecule has 1 aliphatic heterocycles. The number of ketones is 1. The lowest BCUT2D eigenvalue weighted by atomic mass is 9.96. The number of carbonyl (C=O) groups excluding carboxylic acids is 2. The van der Waals surface area contributed by atoms with Crippen molar-refractivity contribution in [3.8, 4) is 5.75 Å². The number of Topliss-reactive ketones (excluding diaryl/α,β-unsaturated/α-hetero) is 1. The summed E-state index contributed by atoms with van der Waals surface area (Å²) in [5, 5.41) is 11.2. The van der Waals surface area contributed by atoms with Gasteiger partial charge >= 0.3 is 0 Å². The third-order valence-corrected chi connectivity index (χ3v) is 5.06. The number of para-hydroxylation sites is 1. The number of pyridine rings is 1. The largest absolute Gasteiger partial charge is 0.507 e. The molecule has 1 aromatic heterocycles. The van der Waals surface area contributed by atoms with Crippen LogP contribution in [-0.4, -0.2) is 28.4 Å². The summed E-state index contributed by atoms with van der Waals surface area (Å²) in [6, 6.07) is 18.5. The summed E-state index contributed by atoms with van der Waals surface area (Å²) in [7, 11) is 0. The lowest BCUT2D eigenvalue weighted by Gasteiger charge is -2.25. The van der Waals surface area contributed by atoms with E-state index in [0.717, 1.165) is 6.42 Å². The van der Waals surface area contributed by atoms with Gasteiger partial charge in [-0.3, -0.25) is 19.5 Å². The molecule has 0 aliphatic carbocycles. The van der Waals surface area contributed by atoms with Gasteiger partial charge in [0.25, 0.3) is 11.7 Å². The first-order valence-corrected chi connectivity index (χ1v) is 10.1. The molecule has 6 nitrogen and oxygen atoms in total. The van der Waals surface area contributed by atoms with Crippen LogP contribution in [-0.2, 0) is 9.59 Å². The highest BCUT2D eigenvalue weighted by Crippen LogP contribution is 2.42. The Balaban J connectivity index is 1.87. The Hall–Kier alpha value is -3.93. The van der Waals surface area contributed by atoms with Crippen LogP contribution in [0.4, 0.5) is 5.69 Å². The van der Waals surface area contributed by atoms with E-state index in [-0.39, 0.29) is 11.3 Å². The standard InChI is InChI=1S/C25H22N2O4/c1-2-14-31-20-12-6-8-17(15-20)23(28)21-22(18-9-7-13-26-16-18)27(25(30)24(21)29)19-10-4-3-5-11-19/h3-13,15-16,22,28H,2,14H2,1H3/b23-21-. The van der Waals surface area contributed by atoms with E-state index in [9.17, 15) is 14.7 Å². The zero-order valence-corrected chi connectivity index (χ0v) is 17.1. The molecule has 0 radical (unpaired) electrons. The predicted molar refractivity (Wildman–Crippen MR) is 118 cm³/mol. The molecule has 1 atom stereocenters. The molecule has 3 aromatic rings. The van der Waals surface area contributed by atoms with Crippen molar-refractivity contribution in [3.63, 3.8) is 0 Å². The first kappa shape index (κ1) is 20.3. The van der Waals surface area contributed by atoms with Gasteiger partial charge in [0.1, 0.15) is 11.5 Å². The zero-order valence-electron chi connectivity index (χ0n) is 17.1. The van der Waals surface area contributed by atoms with Gasteiger partial charge in [-0.05, 0) is 42.3 Å². The highest BCUT2D eigenvalue weighted by atomic mass is 16.5. The average molecular weight is 414 g/mol. The van der Waals surface area contributed by atoms with Crippen LogP contribution in [0.15, 0.2) is 84.7 Å². The van der Waals surface area contributed by atoms with Crippen molar-refractivity contribution >= 4 is 23.1 Å². The van der Waals surface area contributed by atoms with Crippen molar-refractivity contribution in [2.24, 2.45) is 0 Å². The minimum absolute atomic E-state index is 0.0227. The number of amides is 1. The van der Waals surface area contributed by atoms with Crippen LogP contribution in [0.25, 0.3) is 5.76 Å². The maximum atomic E-state index is 13.1. The molecule has 2 heterocycles. The number of aliphatic hydroxyl groups is 1. The number of aliphatic hydroxyl groups excluding tert-OH is 1. The van der Waals surface area contributed by atoms with Crippen LogP contribution in [0.2, 0.25) is 0 Å². The molecule has 156 valence electrons. The zero-order chi connectivity index (χ0) is 21.8. The van der Waals surface area contributed by atoms with Gasteiger partial charge < -0.3 is 9.84 Å². The summed E-state index contributed by atoms with van der Waals surface area (Å²) >= 11 is 0. The molecule has 1 N–H and O–H groups in total. The summed E-state index contributed by atoms with van der Waals surface area (Å²) in [5.41, 5.74) is 1.63. The fraction of sp³-hybridized carbons (Fsp3) is 0.160. The van der Waals surface area contributed by atoms with Gasteiger partial charge in [0.2, 0.25) is 0 Å². The van der Waals surface area contributed by atoms with Crippen molar-refractivity contribution in [1.29, 1.82) is 0 Å². The molecule has 31 heavy (non-hydrogen) atoms. The topological polar surface area (TPSA) is 79.7 Å². The second kappa shape index (κ2) is 8.83. The molecule has 2 aromatic carbocycles. The first-order chi connectivity index (χ1) is 15.1. The van der Waals surface area contributed by atoms with Gasteiger partial charge in [-0.15, -0.1) is 0 Å². The molecular weight excluding hydrogens is 392 g/mol. The lowest BCUT2D eigenvalue weighted by Crippen LogP contribution is -2.29. The number of hydrogen-bond acceptors (Lipinski definition) is 5. The highest BCUT2D eigenvalue weighted by molar-refractivity contribution is 6.51. The van der Waals surface area contributed by atoms with E-state index in [4.69, 9.17) is 4.74 Å². The van der Waals surface area contributed by atoms with Crippen molar-refractivity contribution < 1.29 is 19.4 Å². The van der Waals surface area contributed by atoms with E-state index in [0.29, 0.717) is 29.2 Å². The summed E-state index contributed by atoms with van der Waals surface area (Å²) < 4.78 is 5.65. The molecule has 1 unspecified atom stereocenters. The van der Waals surface area contributed by atoms with E-state index < -0.39 is 17.7 Å². The summed E-state index contributed by atoms with van der Waals surface area (Å²) in [5.74, 6) is -1.09. The molecule has 1 fully saturated rings. The summed E-state index contributed by atoms with van der Waals surface area (Å²) in [6.07, 6.45) is 4.06. The Morgan fingerprint density at radius 2 is 1.87 bits per heavy atom. The van der Waals surface area contributed by atoms with Gasteiger partial charge in [-0.2, -0.15) is 0 Å². The highest BCUT2D eigenvalue weighted by Gasteiger charge is 2.47. The first-order valence-electron chi connectivity index (χ1n) is 10.1. The molecule has 0 saturated carbocycles. The molecular formula is C25H22N2O4. The lowest BCUT2D eigenvalue weighted by molar-refractivity contribution is -0.132. The van der Waals surface area contributed by atoms with Crippen LogP contribution in [0.3, 0.4) is 0 Å². The van der Waals surface area contributed by atoms with Crippen LogP contribution < -0.4 is 9.64 Å². The predicted octanol–water partition coefficient (Wildman–Crippen LogP) is 4.50. The normalized spacial score (nSPS) is 17.7. The number of anilines is 1. The molecule has 1 aliphatic rings. The van der Waals surface area contributed by atoms with Gasteiger partial charge in [0.15, 0.2) is 0 Å². The maximum absolute atomic E-state index is 13.1. The number of benzene rings is 2. The van der Waals surface area contributed by atoms with Crippen molar-refractivity contribution in [3.05, 3.63) is 95.8 Å². The fourth-order valence-corrected chi connectivity index (χ4v) is 3.65. The Labute approximate surface area is 180 Å². The van der Waals surface area contributed by atoms with Crippen LogP contribution in [0, 0.1) is 0 Å². The van der Waals surface area contributed by atoms with Crippen LogP contribution in [0.5, 0.6) is 5.75 Å². The number of carbonyl (C=O) groups is 2. The Morgan fingerprint density at radius 1 is 1.06 bits per heavy atom. The van der Waals surface area contributed by atoms with Crippen molar-refractivity contribution in [2.75, 3.05) is 11.5 Å². The molecule has 6 heteroatoms. The summed E-state index contributed by atoms with van der Waals surface area (Å²) in [6.45, 7) is 2.54. The van der Waals surface area contributed by atoms with Crippen LogP contribution >= 0.6 is 0 Å². The monoisotopic (exact) mass is 414 g/mol. The molecule has 4 rings (SSSR count). The number of ether oxygens (including phenoxy) is 1. The van der Waals surface area contributed by atoms with E-state index in [2.05, 4.69) is 4.98 Å². The Morgan fingerprint density at radius 3 is 2.58 bits per heavy atom. The maximum Gasteiger partial charge on any atom is 0.300 e. The van der Waals surface area contributed by atoms with Crippen molar-refractivity contribution in [1.82, 2.24) is 4.98 Å². The second-order valence-corrected chi connectivity index (χ2v) is 7.17. The molecule has 0 bridgehead atoms. The summed E-state index contributed by atoms with van der Waals surface area (Å²) in [4.78, 5) is 31.7. The SMILES string of the molecule is CCCOc1cccc(/C(O)=C2/C(=O)C(=O)N(c3ccccc3)C2c2cccnc2)c1. The van der Waals surface area contributed by atoms with E-state index in [1.807, 2.05) is 13.0 Å². The third kappa shape index (κ3) is 3.92. The average Bonchev–Trinajstić information content (AvgIpc) is 3.09. The third-order valence-electron chi connectivity index (χ3n) is 5.06. The van der Waals surface area contributed by atoms with Crippen molar-refractivity contribution in [2.45, 2.75) is 19.4 Å². The van der Waals surface area contributed by atoms with Gasteiger partial charge in [0.05, 0.1) is 18.2 Å². The molecule has 0 spiro atoms. The minimum atomic E-state index is -0.795. The second-order valence-electron chi connectivity index (χ2n) is 7.17. The minimum Gasteiger partial charge on any atom is -0.507 e. The van der Waals surface area contributed by atoms with Gasteiger partial charge in [0, 0.05) is 23.6 Å². The van der Waals surface area contributed by atoms with Gasteiger partial charge in [-0.1, -0.05) is 43.3 Å². The number of aromatic nitrogens is 1.